The average Bonchev–Trinajstić information content (AvgIpc) is 2.88. The topological polar surface area (TPSA) is 89.9 Å². The molecule has 1 N–H and O–H groups in total. The van der Waals surface area contributed by atoms with Gasteiger partial charge in [-0.1, -0.05) is 20.8 Å². The highest BCUT2D eigenvalue weighted by Gasteiger charge is 2.60. The van der Waals surface area contributed by atoms with E-state index >= 15 is 0 Å². The molecule has 2 aliphatic heterocycles. The molecule has 24 heavy (non-hydrogen) atoms. The number of hydrogen-bond acceptors (Lipinski definition) is 5. The summed E-state index contributed by atoms with van der Waals surface area (Å²) in [5, 5.41) is 9.06. The second-order valence-corrected chi connectivity index (χ2v) is 13.6. The van der Waals surface area contributed by atoms with Crippen molar-refractivity contribution >= 4 is 43.1 Å². The number of fused-ring (bicyclic) bond motifs is 1. The summed E-state index contributed by atoms with van der Waals surface area (Å²) in [4.78, 5) is 25.3. The fourth-order valence-electron chi connectivity index (χ4n) is 3.41. The van der Waals surface area contributed by atoms with Crippen molar-refractivity contribution in [3.05, 3.63) is 9.93 Å². The molecule has 0 bridgehead atoms. The Hall–Kier alpha value is -0.483. The molecule has 6 nitrogen and oxygen atoms in total. The van der Waals surface area contributed by atoms with Gasteiger partial charge in [0, 0.05) is 0 Å². The Kier molecular flexibility index (Phi) is 6.12. The number of nitrogens with zero attached hydrogens (tertiary/aromatic N) is 1. The third kappa shape index (κ3) is 3.16. The standard InChI is InChI=1S/C15H25NO5S2Si/c1-6-24(7-2,8-3)21-9(4)10-12(17)16-11(14(18)19)15(23(5)20)22-13(10)16/h9-10,13H,6-8H2,1-5H3,(H,18,19)/t9-,10+,13+,23?/m0/s1. The maximum absolute atomic E-state index is 12.6. The zero-order valence-corrected chi connectivity index (χ0v) is 17.3. The second-order valence-electron chi connectivity index (χ2n) is 6.20. The van der Waals surface area contributed by atoms with E-state index in [4.69, 9.17) is 4.43 Å². The van der Waals surface area contributed by atoms with Crippen molar-refractivity contribution in [1.82, 2.24) is 4.90 Å². The van der Waals surface area contributed by atoms with Crippen LogP contribution in [0.25, 0.3) is 0 Å². The highest BCUT2D eigenvalue weighted by molar-refractivity contribution is 8.19. The van der Waals surface area contributed by atoms with Gasteiger partial charge in [0.2, 0.25) is 10.1 Å². The van der Waals surface area contributed by atoms with Crippen molar-refractivity contribution in [2.45, 2.75) is 57.3 Å². The molecule has 1 unspecified atom stereocenters. The van der Waals surface area contributed by atoms with Gasteiger partial charge >= 0.3 is 5.97 Å². The first-order chi connectivity index (χ1) is 11.2. The number of carboxylic acid groups (broad SMARTS) is 1. The number of thioether (sulfide) groups is 1. The number of rotatable bonds is 8. The van der Waals surface area contributed by atoms with Crippen LogP contribution >= 0.6 is 11.8 Å². The molecule has 4 atom stereocenters. The molecule has 1 fully saturated rings. The minimum Gasteiger partial charge on any atom is -0.611 e. The minimum atomic E-state index is -1.85. The van der Waals surface area contributed by atoms with Gasteiger partial charge in [0.15, 0.2) is 14.0 Å². The number of β-lactam (4-membered cyclic amide) rings is 1. The van der Waals surface area contributed by atoms with Gasteiger partial charge in [-0.15, -0.1) is 0 Å². The van der Waals surface area contributed by atoms with Gasteiger partial charge in [0.25, 0.3) is 0 Å². The van der Waals surface area contributed by atoms with E-state index in [-0.39, 0.29) is 33.2 Å². The van der Waals surface area contributed by atoms with E-state index in [0.29, 0.717) is 0 Å². The minimum absolute atomic E-state index is 0.121. The number of carbonyl (C=O) groups excluding carboxylic acids is 1. The summed E-state index contributed by atoms with van der Waals surface area (Å²) in [5.74, 6) is -1.80. The lowest BCUT2D eigenvalue weighted by molar-refractivity contribution is -0.156. The monoisotopic (exact) mass is 391 g/mol. The summed E-state index contributed by atoms with van der Waals surface area (Å²) < 4.78 is 18.5. The van der Waals surface area contributed by atoms with Gasteiger partial charge in [-0.3, -0.25) is 9.69 Å². The summed E-state index contributed by atoms with van der Waals surface area (Å²) in [6.45, 7) is 8.30. The van der Waals surface area contributed by atoms with Crippen LogP contribution < -0.4 is 0 Å². The summed E-state index contributed by atoms with van der Waals surface area (Å²) >= 11 is -0.191. The van der Waals surface area contributed by atoms with Crippen LogP contribution in [-0.2, 0) is 25.2 Å². The lowest BCUT2D eigenvalue weighted by Crippen LogP contribution is -2.62. The van der Waals surface area contributed by atoms with Crippen LogP contribution in [-0.4, -0.2) is 52.5 Å². The Balaban J connectivity index is 2.18. The van der Waals surface area contributed by atoms with Gasteiger partial charge in [-0.05, 0) is 48.0 Å². The molecule has 0 saturated carbocycles. The lowest BCUT2D eigenvalue weighted by atomic mass is 9.92. The molecule has 0 aliphatic carbocycles. The van der Waals surface area contributed by atoms with E-state index in [9.17, 15) is 19.2 Å². The number of aliphatic carboxylic acids is 1. The molecule has 2 heterocycles. The molecule has 0 aromatic heterocycles. The second kappa shape index (κ2) is 7.41. The van der Waals surface area contributed by atoms with Gasteiger partial charge in [-0.25, -0.2) is 4.79 Å². The van der Waals surface area contributed by atoms with Crippen molar-refractivity contribution in [3.63, 3.8) is 0 Å². The maximum atomic E-state index is 12.6. The first-order valence-electron chi connectivity index (χ1n) is 8.21. The first kappa shape index (κ1) is 19.8. The SMILES string of the molecule is CC[Si](CC)(CC)O[C@@H](C)[C@@H]1C(=O)N2C(C(=O)O)=C([S+](C)[O-])S[C@H]12. The molecule has 0 aromatic carbocycles. The predicted molar refractivity (Wildman–Crippen MR) is 98.2 cm³/mol. The highest BCUT2D eigenvalue weighted by atomic mass is 32.3. The maximum Gasteiger partial charge on any atom is 0.358 e. The van der Waals surface area contributed by atoms with Crippen LogP contribution in [0, 0.1) is 5.92 Å². The van der Waals surface area contributed by atoms with Gasteiger partial charge in [0.05, 0.1) is 12.0 Å². The van der Waals surface area contributed by atoms with Gasteiger partial charge in [-0.2, -0.15) is 0 Å². The summed E-state index contributed by atoms with van der Waals surface area (Å²) in [7, 11) is -1.85. The van der Waals surface area contributed by atoms with E-state index in [1.54, 1.807) is 0 Å². The Labute approximate surface area is 151 Å². The Bertz CT molecular complexity index is 556. The molecule has 1 saturated heterocycles. The van der Waals surface area contributed by atoms with Crippen LogP contribution in [0.5, 0.6) is 0 Å². The molecule has 1 amide bonds. The molecule has 136 valence electrons. The van der Waals surface area contributed by atoms with Crippen LogP contribution in [0.1, 0.15) is 27.7 Å². The van der Waals surface area contributed by atoms with E-state index in [0.717, 1.165) is 18.1 Å². The van der Waals surface area contributed by atoms with E-state index in [1.165, 1.54) is 22.9 Å². The Morgan fingerprint density at radius 2 is 1.96 bits per heavy atom. The first-order valence-corrected chi connectivity index (χ1v) is 13.2. The Morgan fingerprint density at radius 1 is 1.42 bits per heavy atom. The summed E-state index contributed by atoms with van der Waals surface area (Å²) in [5.41, 5.74) is -0.121. The largest absolute Gasteiger partial charge is 0.611 e. The number of carboxylic acids is 1. The zero-order chi connectivity index (χ0) is 18.2. The highest BCUT2D eigenvalue weighted by Crippen LogP contribution is 2.52. The normalized spacial score (nSPS) is 26.2. The van der Waals surface area contributed by atoms with Crippen LogP contribution in [0.15, 0.2) is 9.93 Å². The molecule has 2 rings (SSSR count). The smallest absolute Gasteiger partial charge is 0.358 e. The summed E-state index contributed by atoms with van der Waals surface area (Å²) in [6, 6.07) is 2.99. The third-order valence-corrected chi connectivity index (χ3v) is 12.7. The molecule has 0 spiro atoms. The van der Waals surface area contributed by atoms with Crippen LogP contribution in [0.3, 0.4) is 0 Å². The molecular formula is C15H25NO5S2Si. The Morgan fingerprint density at radius 3 is 2.38 bits per heavy atom. The fourth-order valence-corrected chi connectivity index (χ4v) is 8.95. The molecule has 2 aliphatic rings. The molecule has 0 aromatic rings. The number of carbonyl (C=O) groups is 2. The van der Waals surface area contributed by atoms with E-state index < -0.39 is 25.5 Å². The molecular weight excluding hydrogens is 366 g/mol. The average molecular weight is 392 g/mol. The fraction of sp³-hybridized carbons (Fsp3) is 0.733. The third-order valence-electron chi connectivity index (χ3n) is 5.08. The predicted octanol–water partition coefficient (Wildman–Crippen LogP) is 2.56. The van der Waals surface area contributed by atoms with Crippen LogP contribution in [0.2, 0.25) is 18.1 Å². The van der Waals surface area contributed by atoms with Crippen molar-refractivity contribution in [1.29, 1.82) is 0 Å². The van der Waals surface area contributed by atoms with E-state index in [2.05, 4.69) is 20.8 Å². The molecule has 0 radical (unpaired) electrons. The number of amides is 1. The zero-order valence-electron chi connectivity index (χ0n) is 14.7. The lowest BCUT2D eigenvalue weighted by Gasteiger charge is -2.46. The van der Waals surface area contributed by atoms with Crippen molar-refractivity contribution < 1.29 is 23.7 Å². The van der Waals surface area contributed by atoms with Crippen molar-refractivity contribution in [3.8, 4) is 0 Å². The van der Waals surface area contributed by atoms with Gasteiger partial charge < -0.3 is 14.1 Å². The van der Waals surface area contributed by atoms with E-state index in [1.807, 2.05) is 6.92 Å². The molecule has 9 heteroatoms. The quantitative estimate of drug-likeness (QED) is 0.388. The number of hydrogen-bond donors (Lipinski definition) is 1. The van der Waals surface area contributed by atoms with Crippen LogP contribution in [0.4, 0.5) is 0 Å². The van der Waals surface area contributed by atoms with Crippen molar-refractivity contribution in [2.24, 2.45) is 5.92 Å². The van der Waals surface area contributed by atoms with Gasteiger partial charge in [0.1, 0.15) is 11.6 Å². The summed E-state index contributed by atoms with van der Waals surface area (Å²) in [6.07, 6.45) is 1.19. The van der Waals surface area contributed by atoms with Crippen molar-refractivity contribution in [2.75, 3.05) is 6.26 Å².